The maximum Gasteiger partial charge on any atom is 0.276 e. The molecule has 2 amide bonds. The van der Waals surface area contributed by atoms with Gasteiger partial charge in [0.15, 0.2) is 17.0 Å². The highest BCUT2D eigenvalue weighted by molar-refractivity contribution is 8.00. The number of anilines is 1. The summed E-state index contributed by atoms with van der Waals surface area (Å²) in [5, 5.41) is 22.4. The van der Waals surface area contributed by atoms with Crippen LogP contribution in [0.5, 0.6) is 0 Å². The number of H-pyrrole nitrogens is 1. The van der Waals surface area contributed by atoms with Crippen LogP contribution >= 0.6 is 23.1 Å². The lowest BCUT2D eigenvalue weighted by Crippen LogP contribution is -2.71. The predicted octanol–water partition coefficient (Wildman–Crippen LogP) is -0.871. The van der Waals surface area contributed by atoms with Crippen molar-refractivity contribution in [3.63, 3.8) is 0 Å². The second-order valence-electron chi connectivity index (χ2n) is 8.06. The van der Waals surface area contributed by atoms with Crippen LogP contribution in [0.4, 0.5) is 9.52 Å². The number of aromatic amines is 1. The lowest BCUT2D eigenvalue weighted by atomic mass is 9.99. The molecule has 12 nitrogen and oxygen atoms in total. The smallest absolute Gasteiger partial charge is 0.276 e. The monoisotopic (exact) mass is 545 g/mol. The third kappa shape index (κ3) is 4.62. The van der Waals surface area contributed by atoms with Crippen LogP contribution < -0.4 is 20.7 Å². The average Bonchev–Trinajstić information content (AvgIpc) is 3.50. The first-order valence-electron chi connectivity index (χ1n) is 11.0. The highest BCUT2D eigenvalue weighted by Crippen LogP contribution is 2.41. The molecule has 0 bridgehead atoms. The summed E-state index contributed by atoms with van der Waals surface area (Å²) in [6.45, 7) is -1.19. The third-order valence-corrected chi connectivity index (χ3v) is 7.82. The van der Waals surface area contributed by atoms with Crippen molar-refractivity contribution in [2.75, 3.05) is 24.8 Å². The molecule has 37 heavy (non-hydrogen) atoms. The Labute approximate surface area is 217 Å². The van der Waals surface area contributed by atoms with Crippen LogP contribution in [0.15, 0.2) is 52.4 Å². The highest BCUT2D eigenvalue weighted by Gasteiger charge is 2.53. The van der Waals surface area contributed by atoms with E-state index in [1.165, 1.54) is 17.1 Å². The second kappa shape index (κ2) is 10.2. The molecular formula is C22H20FN7O5S2. The van der Waals surface area contributed by atoms with E-state index in [1.807, 2.05) is 24.4 Å². The van der Waals surface area contributed by atoms with Gasteiger partial charge in [-0.2, -0.15) is 5.10 Å². The molecule has 2 aliphatic rings. The van der Waals surface area contributed by atoms with Crippen molar-refractivity contribution < 1.29 is 33.2 Å². The highest BCUT2D eigenvalue weighted by atomic mass is 32.2. The molecule has 0 spiro atoms. The Morgan fingerprint density at radius 1 is 1.43 bits per heavy atom. The van der Waals surface area contributed by atoms with Gasteiger partial charge in [-0.15, -0.1) is 23.1 Å². The predicted molar refractivity (Wildman–Crippen MR) is 130 cm³/mol. The summed E-state index contributed by atoms with van der Waals surface area (Å²) in [6, 6.07) is 4.62. The minimum Gasteiger partial charge on any atom is -0.543 e. The van der Waals surface area contributed by atoms with Gasteiger partial charge in [-0.3, -0.25) is 14.5 Å². The summed E-state index contributed by atoms with van der Waals surface area (Å²) in [5.74, 6) is -2.54. The van der Waals surface area contributed by atoms with Crippen molar-refractivity contribution >= 4 is 57.2 Å². The lowest BCUT2D eigenvalue weighted by molar-refractivity contribution is -0.576. The number of alkyl halides is 1. The van der Waals surface area contributed by atoms with E-state index < -0.39 is 35.9 Å². The van der Waals surface area contributed by atoms with Crippen molar-refractivity contribution in [1.29, 1.82) is 0 Å². The number of nitrogens with two attached hydrogens (primary N) is 1. The van der Waals surface area contributed by atoms with E-state index in [0.717, 1.165) is 27.3 Å². The molecule has 0 saturated carbocycles. The number of carbonyl (C=O) groups excluding carboxylic acids is 3. The Morgan fingerprint density at radius 3 is 3.00 bits per heavy atom. The number of carboxylic acids is 1. The van der Waals surface area contributed by atoms with Crippen molar-refractivity contribution in [3.8, 4) is 0 Å². The third-order valence-electron chi connectivity index (χ3n) is 5.80. The fourth-order valence-electron chi connectivity index (χ4n) is 4.17. The summed E-state index contributed by atoms with van der Waals surface area (Å²) in [7, 11) is 0. The summed E-state index contributed by atoms with van der Waals surface area (Å²) >= 11 is 2.39. The first-order chi connectivity index (χ1) is 17.9. The first-order valence-corrected chi connectivity index (χ1v) is 12.9. The van der Waals surface area contributed by atoms with Gasteiger partial charge in [0.05, 0.1) is 23.4 Å². The molecule has 2 aliphatic heterocycles. The largest absolute Gasteiger partial charge is 0.543 e. The van der Waals surface area contributed by atoms with Crippen LogP contribution in [0.1, 0.15) is 11.3 Å². The van der Waals surface area contributed by atoms with E-state index in [0.29, 0.717) is 17.7 Å². The number of carboxylic acid groups (broad SMARTS) is 1. The first kappa shape index (κ1) is 24.7. The van der Waals surface area contributed by atoms with E-state index >= 15 is 0 Å². The molecule has 5 heterocycles. The molecule has 0 radical (unpaired) electrons. The molecule has 0 aliphatic carbocycles. The molecule has 0 aromatic carbocycles. The summed E-state index contributed by atoms with van der Waals surface area (Å²) in [4.78, 5) is 48.1. The minimum absolute atomic E-state index is 0.105. The number of thioether (sulfide) groups is 1. The van der Waals surface area contributed by atoms with Crippen LogP contribution in [0, 0.1) is 0 Å². The number of nitrogen functional groups attached to an aromatic ring is 1. The molecule has 0 unspecified atom stereocenters. The zero-order valence-corrected chi connectivity index (χ0v) is 20.7. The summed E-state index contributed by atoms with van der Waals surface area (Å²) in [5.41, 5.74) is 7.55. The SMILES string of the molecule is Nc1nc(/C(=N/OCCF)C(=O)N[C@@H]2C(=O)N3C(C(=O)[O-])=C(Cc4c[nH][n+]5ccccc45)CS[C@H]23)cs1. The lowest BCUT2D eigenvalue weighted by Gasteiger charge is -2.50. The number of carbonyl (C=O) groups is 3. The van der Waals surface area contributed by atoms with E-state index in [-0.39, 0.29) is 28.8 Å². The van der Waals surface area contributed by atoms with Crippen molar-refractivity contribution in [2.45, 2.75) is 17.8 Å². The van der Waals surface area contributed by atoms with Gasteiger partial charge in [0.1, 0.15) is 30.4 Å². The van der Waals surface area contributed by atoms with Gasteiger partial charge in [0.25, 0.3) is 11.8 Å². The number of thiazole rings is 1. The van der Waals surface area contributed by atoms with E-state index in [1.54, 1.807) is 10.7 Å². The number of rotatable bonds is 9. The van der Waals surface area contributed by atoms with Crippen molar-refractivity contribution in [2.24, 2.45) is 5.16 Å². The quantitative estimate of drug-likeness (QED) is 0.102. The van der Waals surface area contributed by atoms with Crippen LogP contribution in [0.3, 0.4) is 0 Å². The molecule has 192 valence electrons. The Bertz CT molecular complexity index is 1450. The Hall–Kier alpha value is -3.98. The van der Waals surface area contributed by atoms with E-state index in [4.69, 9.17) is 10.6 Å². The molecule has 1 fully saturated rings. The maximum absolute atomic E-state index is 13.0. The van der Waals surface area contributed by atoms with Crippen LogP contribution in [0.2, 0.25) is 0 Å². The molecule has 4 N–H and O–H groups in total. The molecule has 3 aromatic heterocycles. The number of hydrogen-bond acceptors (Lipinski definition) is 10. The Balaban J connectivity index is 1.36. The number of aliphatic carboxylic acids is 1. The fourth-order valence-corrected chi connectivity index (χ4v) is 6.07. The van der Waals surface area contributed by atoms with Crippen LogP contribution in [-0.2, 0) is 25.6 Å². The number of hydrogen-bond donors (Lipinski definition) is 3. The summed E-state index contributed by atoms with van der Waals surface area (Å²) < 4.78 is 14.3. The Morgan fingerprint density at radius 2 is 2.27 bits per heavy atom. The average molecular weight is 546 g/mol. The zero-order valence-electron chi connectivity index (χ0n) is 19.0. The molecule has 1 saturated heterocycles. The van der Waals surface area contributed by atoms with Crippen molar-refractivity contribution in [1.82, 2.24) is 20.3 Å². The van der Waals surface area contributed by atoms with Gasteiger partial charge in [-0.25, -0.2) is 9.37 Å². The number of nitrogens with one attached hydrogen (secondary N) is 2. The molecule has 3 aromatic rings. The fraction of sp³-hybridized carbons (Fsp3) is 0.273. The van der Waals surface area contributed by atoms with E-state index in [9.17, 15) is 23.9 Å². The molecule has 5 rings (SSSR count). The van der Waals surface area contributed by atoms with Crippen LogP contribution in [-0.4, -0.2) is 68.9 Å². The number of nitrogens with zero attached hydrogens (tertiary/aromatic N) is 4. The van der Waals surface area contributed by atoms with Gasteiger partial charge in [-0.1, -0.05) is 9.67 Å². The van der Waals surface area contributed by atoms with Crippen molar-refractivity contribution in [3.05, 3.63) is 58.5 Å². The van der Waals surface area contributed by atoms with Gasteiger partial charge >= 0.3 is 0 Å². The number of aromatic nitrogens is 3. The zero-order chi connectivity index (χ0) is 26.1. The van der Waals surface area contributed by atoms with Crippen LogP contribution in [0.25, 0.3) is 5.52 Å². The van der Waals surface area contributed by atoms with Gasteiger partial charge in [0, 0.05) is 29.7 Å². The number of fused-ring (bicyclic) bond motifs is 2. The molecule has 2 atom stereocenters. The number of halogens is 1. The Kier molecular flexibility index (Phi) is 6.80. The summed E-state index contributed by atoms with van der Waals surface area (Å²) in [6.07, 6.45) is 3.92. The number of β-lactam (4-membered cyclic amide) rings is 1. The molecule has 15 heteroatoms. The number of amides is 2. The number of oxime groups is 1. The standard InChI is InChI=1S/C22H20FN7O5S2/c23-4-6-35-28-15(13-10-37-22(24)26-13)18(31)27-16-19(32)30-17(21(33)34)12(9-36-20(16)30)7-11-8-25-29-5-2-1-3-14(11)29/h1-3,5,8,10,16,20H,4,6-7,9H2,(H4,24,26,27,31,33,34)/b28-15-/t16-,20-/m1/s1. The van der Waals surface area contributed by atoms with Gasteiger partial charge in [0.2, 0.25) is 5.52 Å². The maximum atomic E-state index is 13.0. The normalized spacial score (nSPS) is 19.5. The van der Waals surface area contributed by atoms with Gasteiger partial charge in [-0.05, 0) is 11.6 Å². The minimum atomic E-state index is -1.47. The number of pyridine rings is 1. The topological polar surface area (TPSA) is 170 Å². The second-order valence-corrected chi connectivity index (χ2v) is 10.1. The van der Waals surface area contributed by atoms with Gasteiger partial charge < -0.3 is 25.8 Å². The van der Waals surface area contributed by atoms with E-state index in [2.05, 4.69) is 20.6 Å². The molecular weight excluding hydrogens is 525 g/mol.